The van der Waals surface area contributed by atoms with Gasteiger partial charge in [-0.3, -0.25) is 9.59 Å². The molecule has 0 bridgehead atoms. The molecule has 1 saturated carbocycles. The van der Waals surface area contributed by atoms with Gasteiger partial charge >= 0.3 is 0 Å². The summed E-state index contributed by atoms with van der Waals surface area (Å²) < 4.78 is 0. The van der Waals surface area contributed by atoms with Crippen molar-refractivity contribution in [3.63, 3.8) is 0 Å². The van der Waals surface area contributed by atoms with E-state index in [1.807, 2.05) is 48.5 Å². The maximum absolute atomic E-state index is 12.6. The topological polar surface area (TPSA) is 82.0 Å². The molecule has 0 saturated heterocycles. The Morgan fingerprint density at radius 1 is 1.04 bits per heavy atom. The molecule has 2 aromatic carbocycles. The van der Waals surface area contributed by atoms with Crippen LogP contribution in [-0.4, -0.2) is 24.9 Å². The minimum Gasteiger partial charge on any atom is -0.351 e. The van der Waals surface area contributed by atoms with Gasteiger partial charge < -0.3 is 10.6 Å². The van der Waals surface area contributed by atoms with Crippen molar-refractivity contribution in [3.8, 4) is 6.07 Å². The number of rotatable bonds is 6. The van der Waals surface area contributed by atoms with Crippen LogP contribution in [0.15, 0.2) is 42.5 Å². The lowest BCUT2D eigenvalue weighted by Gasteiger charge is -2.29. The van der Waals surface area contributed by atoms with E-state index in [2.05, 4.69) is 10.6 Å². The molecule has 0 radical (unpaired) electrons. The molecule has 0 spiro atoms. The average molecular weight is 363 g/mol. The van der Waals surface area contributed by atoms with Gasteiger partial charge in [-0.15, -0.1) is 0 Å². The number of fused-ring (bicyclic) bond motifs is 1. The molecule has 2 aromatic rings. The molecule has 1 aliphatic carbocycles. The third-order valence-corrected chi connectivity index (χ3v) is 5.39. The van der Waals surface area contributed by atoms with E-state index in [4.69, 9.17) is 5.26 Å². The number of nitriles is 1. The van der Waals surface area contributed by atoms with Crippen LogP contribution in [0.2, 0.25) is 0 Å². The molecular formula is C22H25N3O2. The molecule has 27 heavy (non-hydrogen) atoms. The third kappa shape index (κ3) is 4.85. The van der Waals surface area contributed by atoms with E-state index < -0.39 is 0 Å². The minimum atomic E-state index is -0.289. The Morgan fingerprint density at radius 2 is 1.78 bits per heavy atom. The first-order valence-corrected chi connectivity index (χ1v) is 9.60. The molecule has 0 aliphatic heterocycles. The third-order valence-electron chi connectivity index (χ3n) is 5.39. The summed E-state index contributed by atoms with van der Waals surface area (Å²) in [5.74, 6) is -0.339. The first-order valence-electron chi connectivity index (χ1n) is 9.60. The summed E-state index contributed by atoms with van der Waals surface area (Å²) in [4.78, 5) is 25.1. The number of carbonyl (C=O) groups excluding carboxylic acids is 2. The van der Waals surface area contributed by atoms with Crippen molar-refractivity contribution < 1.29 is 9.59 Å². The summed E-state index contributed by atoms with van der Waals surface area (Å²) >= 11 is 0. The summed E-state index contributed by atoms with van der Waals surface area (Å²) in [7, 11) is 0. The van der Waals surface area contributed by atoms with Crippen LogP contribution in [-0.2, 0) is 4.79 Å². The van der Waals surface area contributed by atoms with E-state index in [0.29, 0.717) is 12.1 Å². The number of benzene rings is 2. The fourth-order valence-electron chi connectivity index (χ4n) is 3.90. The van der Waals surface area contributed by atoms with Crippen LogP contribution in [0.3, 0.4) is 0 Å². The average Bonchev–Trinajstić information content (AvgIpc) is 2.72. The summed E-state index contributed by atoms with van der Waals surface area (Å²) in [6.07, 6.45) is 5.43. The summed E-state index contributed by atoms with van der Waals surface area (Å²) in [5, 5.41) is 16.4. The van der Waals surface area contributed by atoms with Gasteiger partial charge in [0.2, 0.25) is 5.91 Å². The Kier molecular flexibility index (Phi) is 6.43. The van der Waals surface area contributed by atoms with Crippen LogP contribution in [0.4, 0.5) is 0 Å². The molecule has 5 heteroatoms. The Morgan fingerprint density at radius 3 is 2.52 bits per heavy atom. The number of carbonyl (C=O) groups is 2. The van der Waals surface area contributed by atoms with E-state index in [1.165, 1.54) is 6.42 Å². The van der Waals surface area contributed by atoms with Gasteiger partial charge in [0.1, 0.15) is 6.54 Å². The van der Waals surface area contributed by atoms with Gasteiger partial charge in [0, 0.05) is 12.1 Å². The van der Waals surface area contributed by atoms with Crippen molar-refractivity contribution in [2.45, 2.75) is 32.1 Å². The standard InChI is InChI=1S/C22H25N3O2/c23-12-13-24-22(27)20(17-7-2-1-3-8-17)15-25-21(26)19-11-10-16-6-4-5-9-18(16)14-19/h4-6,9-11,14,17,20H,1-3,7-8,13,15H2,(H,24,27)(H,25,26). The largest absolute Gasteiger partial charge is 0.351 e. The Balaban J connectivity index is 1.68. The number of amides is 2. The Hall–Kier alpha value is -2.87. The van der Waals surface area contributed by atoms with Gasteiger partial charge in [0.05, 0.1) is 12.0 Å². The molecule has 1 aliphatic rings. The molecule has 2 N–H and O–H groups in total. The van der Waals surface area contributed by atoms with Crippen molar-refractivity contribution in [2.24, 2.45) is 11.8 Å². The van der Waals surface area contributed by atoms with Crippen molar-refractivity contribution in [1.29, 1.82) is 5.26 Å². The van der Waals surface area contributed by atoms with Gasteiger partial charge in [-0.2, -0.15) is 5.26 Å². The molecule has 1 fully saturated rings. The molecule has 0 aromatic heterocycles. The van der Waals surface area contributed by atoms with Gasteiger partial charge in [0.25, 0.3) is 5.91 Å². The zero-order valence-corrected chi connectivity index (χ0v) is 15.4. The van der Waals surface area contributed by atoms with Crippen LogP contribution in [0, 0.1) is 23.2 Å². The second-order valence-corrected chi connectivity index (χ2v) is 7.15. The molecule has 1 atom stereocenters. The fourth-order valence-corrected chi connectivity index (χ4v) is 3.90. The Labute approximate surface area is 159 Å². The first kappa shape index (κ1) is 18.9. The highest BCUT2D eigenvalue weighted by Crippen LogP contribution is 2.30. The number of hydrogen-bond acceptors (Lipinski definition) is 3. The fraction of sp³-hybridized carbons (Fsp3) is 0.409. The summed E-state index contributed by atoms with van der Waals surface area (Å²) in [6, 6.07) is 15.5. The lowest BCUT2D eigenvalue weighted by molar-refractivity contribution is -0.126. The maximum Gasteiger partial charge on any atom is 0.251 e. The second kappa shape index (κ2) is 9.18. The molecule has 140 valence electrons. The number of hydrogen-bond donors (Lipinski definition) is 2. The lowest BCUT2D eigenvalue weighted by atomic mass is 9.79. The predicted molar refractivity (Wildman–Crippen MR) is 105 cm³/mol. The first-order chi connectivity index (χ1) is 13.2. The van der Waals surface area contributed by atoms with Crippen LogP contribution >= 0.6 is 0 Å². The van der Waals surface area contributed by atoms with Crippen molar-refractivity contribution >= 4 is 22.6 Å². The van der Waals surface area contributed by atoms with Gasteiger partial charge in [0.15, 0.2) is 0 Å². The van der Waals surface area contributed by atoms with Crippen molar-refractivity contribution in [2.75, 3.05) is 13.1 Å². The number of nitrogens with zero attached hydrogens (tertiary/aromatic N) is 1. The van der Waals surface area contributed by atoms with Crippen molar-refractivity contribution in [1.82, 2.24) is 10.6 Å². The highest BCUT2D eigenvalue weighted by Gasteiger charge is 2.29. The van der Waals surface area contributed by atoms with Crippen molar-refractivity contribution in [3.05, 3.63) is 48.0 Å². The van der Waals surface area contributed by atoms with Crippen LogP contribution in [0.25, 0.3) is 10.8 Å². The van der Waals surface area contributed by atoms with E-state index in [0.717, 1.165) is 36.5 Å². The smallest absolute Gasteiger partial charge is 0.251 e. The van der Waals surface area contributed by atoms with Crippen LogP contribution < -0.4 is 10.6 Å². The quantitative estimate of drug-likeness (QED) is 0.772. The Bertz CT molecular complexity index is 850. The lowest BCUT2D eigenvalue weighted by Crippen LogP contribution is -2.43. The highest BCUT2D eigenvalue weighted by atomic mass is 16.2. The zero-order chi connectivity index (χ0) is 19.1. The minimum absolute atomic E-state index is 0.000669. The number of nitrogens with one attached hydrogen (secondary N) is 2. The monoisotopic (exact) mass is 363 g/mol. The van der Waals surface area contributed by atoms with Crippen LogP contribution in [0.5, 0.6) is 0 Å². The van der Waals surface area contributed by atoms with E-state index in [-0.39, 0.29) is 30.2 Å². The van der Waals surface area contributed by atoms with E-state index in [1.54, 1.807) is 0 Å². The second-order valence-electron chi connectivity index (χ2n) is 7.15. The van der Waals surface area contributed by atoms with Gasteiger partial charge in [-0.05, 0) is 41.7 Å². The summed E-state index contributed by atoms with van der Waals surface area (Å²) in [6.45, 7) is 0.300. The molecule has 1 unspecified atom stereocenters. The summed E-state index contributed by atoms with van der Waals surface area (Å²) in [5.41, 5.74) is 0.591. The molecule has 3 rings (SSSR count). The normalized spacial score (nSPS) is 15.7. The van der Waals surface area contributed by atoms with Crippen LogP contribution in [0.1, 0.15) is 42.5 Å². The molecule has 0 heterocycles. The van der Waals surface area contributed by atoms with E-state index in [9.17, 15) is 9.59 Å². The molecule has 2 amide bonds. The maximum atomic E-state index is 12.6. The highest BCUT2D eigenvalue weighted by molar-refractivity contribution is 5.98. The zero-order valence-electron chi connectivity index (χ0n) is 15.4. The molecular weight excluding hydrogens is 338 g/mol. The predicted octanol–water partition coefficient (Wildman–Crippen LogP) is 3.41. The van der Waals surface area contributed by atoms with Gasteiger partial charge in [-0.1, -0.05) is 49.6 Å². The van der Waals surface area contributed by atoms with Gasteiger partial charge in [-0.25, -0.2) is 0 Å². The SMILES string of the molecule is N#CCNC(=O)C(CNC(=O)c1ccc2ccccc2c1)C1CCCCC1. The van der Waals surface area contributed by atoms with E-state index >= 15 is 0 Å². The molecule has 5 nitrogen and oxygen atoms in total.